The van der Waals surface area contributed by atoms with E-state index in [0.717, 1.165) is 17.7 Å². The molecular formula is C30H32N2O5. The van der Waals surface area contributed by atoms with Crippen molar-refractivity contribution < 1.29 is 29.4 Å². The number of rotatable bonds is 9. The van der Waals surface area contributed by atoms with Gasteiger partial charge in [0.15, 0.2) is 0 Å². The second-order valence-corrected chi connectivity index (χ2v) is 9.63. The van der Waals surface area contributed by atoms with Gasteiger partial charge in [-0.3, -0.25) is 9.59 Å². The van der Waals surface area contributed by atoms with Crippen LogP contribution in [0.15, 0.2) is 78.4 Å². The third-order valence-electron chi connectivity index (χ3n) is 6.49. The van der Waals surface area contributed by atoms with Gasteiger partial charge in [0.2, 0.25) is 5.78 Å². The fourth-order valence-electron chi connectivity index (χ4n) is 4.55. The number of nitrogens with zero attached hydrogens (tertiary/aromatic N) is 1. The Kier molecular flexibility index (Phi) is 7.94. The highest BCUT2D eigenvalue weighted by molar-refractivity contribution is 6.46. The van der Waals surface area contributed by atoms with E-state index in [1.807, 2.05) is 51.4 Å². The number of Topliss-reactive ketones (excluding diaryl/α,β-unsaturated/α-hetero) is 1. The van der Waals surface area contributed by atoms with Crippen LogP contribution in [-0.2, 0) is 16.2 Å². The second-order valence-electron chi connectivity index (χ2n) is 9.63. The lowest BCUT2D eigenvalue weighted by atomic mass is 9.94. The molecule has 0 spiro atoms. The van der Waals surface area contributed by atoms with Gasteiger partial charge in [0.05, 0.1) is 26.7 Å². The fraction of sp³-hybridized carbons (Fsp3) is 0.267. The van der Waals surface area contributed by atoms with Gasteiger partial charge in [0, 0.05) is 18.5 Å². The molecule has 1 atom stereocenters. The number of phenols is 1. The minimum Gasteiger partial charge on any atom is -0.872 e. The zero-order valence-corrected chi connectivity index (χ0v) is 21.4. The first-order valence-electron chi connectivity index (χ1n) is 12.4. The van der Waals surface area contributed by atoms with Crippen molar-refractivity contribution >= 4 is 17.4 Å². The summed E-state index contributed by atoms with van der Waals surface area (Å²) >= 11 is 0. The number of amides is 1. The largest absolute Gasteiger partial charge is 0.872 e. The van der Waals surface area contributed by atoms with Crippen molar-refractivity contribution in [3.05, 3.63) is 101 Å². The summed E-state index contributed by atoms with van der Waals surface area (Å²) in [7, 11) is 4.04. The van der Waals surface area contributed by atoms with E-state index in [0.29, 0.717) is 36.4 Å². The van der Waals surface area contributed by atoms with Crippen molar-refractivity contribution in [1.82, 2.24) is 4.90 Å². The molecule has 7 nitrogen and oxygen atoms in total. The average molecular weight is 501 g/mol. The molecule has 2 N–H and O–H groups in total. The number of hydrogen-bond donors (Lipinski definition) is 2. The maximum atomic E-state index is 13.7. The van der Waals surface area contributed by atoms with E-state index >= 15 is 0 Å². The lowest BCUT2D eigenvalue weighted by Crippen LogP contribution is -3.05. The number of benzene rings is 3. The predicted molar refractivity (Wildman–Crippen MR) is 139 cm³/mol. The molecule has 0 saturated carbocycles. The summed E-state index contributed by atoms with van der Waals surface area (Å²) in [5.41, 5.74) is 2.65. The van der Waals surface area contributed by atoms with Crippen molar-refractivity contribution in [2.24, 2.45) is 0 Å². The lowest BCUT2D eigenvalue weighted by Gasteiger charge is -2.28. The molecule has 1 heterocycles. The van der Waals surface area contributed by atoms with Gasteiger partial charge in [-0.1, -0.05) is 54.3 Å². The Hall–Kier alpha value is -4.10. The lowest BCUT2D eigenvalue weighted by molar-refractivity contribution is -0.858. The Bertz CT molecular complexity index is 1300. The number of phenolic OH excluding ortho intramolecular Hbond substituents is 1. The van der Waals surface area contributed by atoms with Crippen molar-refractivity contribution in [3.63, 3.8) is 0 Å². The van der Waals surface area contributed by atoms with Crippen LogP contribution in [-0.4, -0.2) is 48.9 Å². The van der Waals surface area contributed by atoms with Crippen LogP contribution in [0, 0.1) is 6.92 Å². The molecule has 192 valence electrons. The quantitative estimate of drug-likeness (QED) is 0.266. The maximum absolute atomic E-state index is 13.7. The molecule has 1 unspecified atom stereocenters. The summed E-state index contributed by atoms with van der Waals surface area (Å²) in [6.07, 6.45) is 0.684. The minimum atomic E-state index is -0.806. The smallest absolute Gasteiger partial charge is 0.295 e. The predicted octanol–water partition coefficient (Wildman–Crippen LogP) is 2.04. The molecule has 1 saturated heterocycles. The molecule has 0 aromatic heterocycles. The molecule has 1 aliphatic heterocycles. The molecule has 1 aliphatic rings. The van der Waals surface area contributed by atoms with Gasteiger partial charge >= 0.3 is 0 Å². The van der Waals surface area contributed by atoms with Crippen molar-refractivity contribution in [1.29, 1.82) is 0 Å². The normalized spacial score (nSPS) is 17.0. The van der Waals surface area contributed by atoms with Crippen LogP contribution in [0.1, 0.15) is 34.7 Å². The Morgan fingerprint density at radius 1 is 1.03 bits per heavy atom. The van der Waals surface area contributed by atoms with E-state index in [9.17, 15) is 19.8 Å². The summed E-state index contributed by atoms with van der Waals surface area (Å²) in [6.45, 7) is 3.40. The monoisotopic (exact) mass is 500 g/mol. The third-order valence-corrected chi connectivity index (χ3v) is 6.49. The van der Waals surface area contributed by atoms with E-state index in [4.69, 9.17) is 4.74 Å². The molecule has 3 aromatic carbocycles. The number of likely N-dealkylation sites (tertiary alicyclic amines) is 1. The first-order valence-corrected chi connectivity index (χ1v) is 12.4. The minimum absolute atomic E-state index is 0.0646. The fourth-order valence-corrected chi connectivity index (χ4v) is 4.55. The molecule has 7 heteroatoms. The number of ether oxygens (including phenoxy) is 1. The molecule has 1 amide bonds. The molecular weight excluding hydrogens is 468 g/mol. The van der Waals surface area contributed by atoms with Crippen LogP contribution in [0.5, 0.6) is 11.5 Å². The SMILES string of the molecule is Cc1cc(/C([O-])=C2\C(=O)C(=O)N(CCC[NH+](C)C)C2c2ccc(O)cc2)ccc1OCc1ccccc1. The van der Waals surface area contributed by atoms with Crippen LogP contribution in [0.2, 0.25) is 0 Å². The van der Waals surface area contributed by atoms with Crippen molar-refractivity contribution in [2.75, 3.05) is 27.2 Å². The van der Waals surface area contributed by atoms with Gasteiger partial charge < -0.3 is 24.7 Å². The van der Waals surface area contributed by atoms with Gasteiger partial charge in [-0.2, -0.15) is 0 Å². The van der Waals surface area contributed by atoms with E-state index in [-0.39, 0.29) is 11.3 Å². The Labute approximate surface area is 217 Å². The standard InChI is InChI=1S/C30H32N2O5/c1-20-18-23(12-15-25(20)37-19-21-8-5-4-6-9-21)28(34)26-27(22-10-13-24(33)14-11-22)32(30(36)29(26)35)17-7-16-31(2)3/h4-6,8-15,18,27,33-34H,7,16-17,19H2,1-3H3/b28-26+. The van der Waals surface area contributed by atoms with Gasteiger partial charge in [-0.25, -0.2) is 0 Å². The molecule has 0 bridgehead atoms. The van der Waals surface area contributed by atoms with Crippen LogP contribution < -0.4 is 14.7 Å². The third kappa shape index (κ3) is 5.84. The number of carbonyl (C=O) groups is 2. The van der Waals surface area contributed by atoms with E-state index in [2.05, 4.69) is 0 Å². The average Bonchev–Trinajstić information content (AvgIpc) is 3.13. The molecule has 0 aliphatic carbocycles. The highest BCUT2D eigenvalue weighted by atomic mass is 16.5. The summed E-state index contributed by atoms with van der Waals surface area (Å²) in [5, 5.41) is 23.5. The molecule has 3 aromatic rings. The van der Waals surface area contributed by atoms with Crippen LogP contribution in [0.3, 0.4) is 0 Å². The van der Waals surface area contributed by atoms with Crippen molar-refractivity contribution in [2.45, 2.75) is 26.0 Å². The summed E-state index contributed by atoms with van der Waals surface area (Å²) in [6, 6.07) is 20.3. The van der Waals surface area contributed by atoms with Gasteiger partial charge in [-0.15, -0.1) is 0 Å². The number of nitrogens with one attached hydrogen (secondary N) is 1. The Morgan fingerprint density at radius 2 is 1.73 bits per heavy atom. The molecule has 4 rings (SSSR count). The summed E-state index contributed by atoms with van der Waals surface area (Å²) < 4.78 is 5.93. The number of hydrogen-bond acceptors (Lipinski definition) is 5. The summed E-state index contributed by atoms with van der Waals surface area (Å²) in [4.78, 5) is 28.9. The topological polar surface area (TPSA) is 94.3 Å². The highest BCUT2D eigenvalue weighted by Gasteiger charge is 2.43. The van der Waals surface area contributed by atoms with E-state index < -0.39 is 23.5 Å². The first-order chi connectivity index (χ1) is 17.8. The van der Waals surface area contributed by atoms with Crippen LogP contribution in [0.25, 0.3) is 5.76 Å². The highest BCUT2D eigenvalue weighted by Crippen LogP contribution is 2.39. The molecule has 1 fully saturated rings. The molecule has 37 heavy (non-hydrogen) atoms. The van der Waals surface area contributed by atoms with Gasteiger partial charge in [0.25, 0.3) is 5.91 Å². The van der Waals surface area contributed by atoms with E-state index in [1.54, 1.807) is 30.3 Å². The number of aromatic hydroxyl groups is 1. The van der Waals surface area contributed by atoms with Crippen molar-refractivity contribution in [3.8, 4) is 11.5 Å². The number of carbonyl (C=O) groups excluding carboxylic acids is 2. The van der Waals surface area contributed by atoms with Gasteiger partial charge in [0.1, 0.15) is 18.1 Å². The first kappa shape index (κ1) is 26.0. The zero-order chi connectivity index (χ0) is 26.5. The summed E-state index contributed by atoms with van der Waals surface area (Å²) in [5.74, 6) is -1.22. The van der Waals surface area contributed by atoms with Crippen LogP contribution >= 0.6 is 0 Å². The molecule has 0 radical (unpaired) electrons. The number of ketones is 1. The Balaban J connectivity index is 1.67. The number of quaternary nitrogens is 1. The van der Waals surface area contributed by atoms with Crippen LogP contribution in [0.4, 0.5) is 0 Å². The number of aryl methyl sites for hydroxylation is 1. The zero-order valence-electron chi connectivity index (χ0n) is 21.4. The maximum Gasteiger partial charge on any atom is 0.295 e. The van der Waals surface area contributed by atoms with Gasteiger partial charge in [-0.05, 0) is 53.4 Å². The second kappa shape index (κ2) is 11.3. The van der Waals surface area contributed by atoms with E-state index in [1.165, 1.54) is 21.9 Å². The Morgan fingerprint density at radius 3 is 2.38 bits per heavy atom.